The highest BCUT2D eigenvalue weighted by Gasteiger charge is 2.22. The van der Waals surface area contributed by atoms with E-state index >= 15 is 0 Å². The summed E-state index contributed by atoms with van der Waals surface area (Å²) in [5.41, 5.74) is 4.15. The average Bonchev–Trinajstić information content (AvgIpc) is 3.02. The van der Waals surface area contributed by atoms with Crippen molar-refractivity contribution in [1.82, 2.24) is 24.9 Å². The first kappa shape index (κ1) is 22.8. The van der Waals surface area contributed by atoms with Crippen LogP contribution in [0.1, 0.15) is 40.2 Å². The molecule has 0 aliphatic carbocycles. The second kappa shape index (κ2) is 10.4. The van der Waals surface area contributed by atoms with Gasteiger partial charge in [-0.15, -0.1) is 0 Å². The van der Waals surface area contributed by atoms with Gasteiger partial charge in [0.15, 0.2) is 0 Å². The van der Waals surface area contributed by atoms with Crippen molar-refractivity contribution in [3.05, 3.63) is 46.8 Å². The largest absolute Gasteiger partial charge is 0.497 e. The number of rotatable bonds is 8. The van der Waals surface area contributed by atoms with E-state index in [-0.39, 0.29) is 11.8 Å². The van der Waals surface area contributed by atoms with Crippen LogP contribution >= 0.6 is 0 Å². The predicted octanol–water partition coefficient (Wildman–Crippen LogP) is 1.90. The van der Waals surface area contributed by atoms with Crippen molar-refractivity contribution < 1.29 is 14.3 Å². The summed E-state index contributed by atoms with van der Waals surface area (Å²) in [6.07, 6.45) is 1.08. The lowest BCUT2D eigenvalue weighted by molar-refractivity contribution is -0.133. The fourth-order valence-corrected chi connectivity index (χ4v) is 3.87. The summed E-state index contributed by atoms with van der Waals surface area (Å²) in [7, 11) is 3.57. The SMILES string of the molecule is COc1ccc(C(=O)NCCCC(=O)N2CCN(Cc3c(C)nn(C)c3C)CC2)cc1. The number of benzene rings is 1. The van der Waals surface area contributed by atoms with Crippen molar-refractivity contribution in [1.29, 1.82) is 0 Å². The normalized spacial score (nSPS) is 14.5. The molecule has 1 aromatic carbocycles. The summed E-state index contributed by atoms with van der Waals surface area (Å²) in [6.45, 7) is 8.74. The molecule has 0 bridgehead atoms. The minimum absolute atomic E-state index is 0.135. The zero-order chi connectivity index (χ0) is 22.4. The summed E-state index contributed by atoms with van der Waals surface area (Å²) in [5.74, 6) is 0.740. The van der Waals surface area contributed by atoms with Crippen molar-refractivity contribution >= 4 is 11.8 Å². The Bertz CT molecular complexity index is 899. The van der Waals surface area contributed by atoms with Crippen molar-refractivity contribution in [3.8, 4) is 5.75 Å². The van der Waals surface area contributed by atoms with Crippen molar-refractivity contribution in [2.24, 2.45) is 7.05 Å². The first-order valence-corrected chi connectivity index (χ1v) is 10.8. The van der Waals surface area contributed by atoms with Gasteiger partial charge in [0.25, 0.3) is 5.91 Å². The monoisotopic (exact) mass is 427 g/mol. The van der Waals surface area contributed by atoms with Crippen LogP contribution in [0.25, 0.3) is 0 Å². The Kier molecular flexibility index (Phi) is 7.68. The van der Waals surface area contributed by atoms with E-state index in [0.717, 1.165) is 38.4 Å². The summed E-state index contributed by atoms with van der Waals surface area (Å²) < 4.78 is 7.03. The molecule has 0 saturated carbocycles. The lowest BCUT2D eigenvalue weighted by atomic mass is 10.1. The van der Waals surface area contributed by atoms with Crippen LogP contribution in [0.5, 0.6) is 5.75 Å². The van der Waals surface area contributed by atoms with Gasteiger partial charge in [0.1, 0.15) is 5.75 Å². The molecule has 1 fully saturated rings. The van der Waals surface area contributed by atoms with Gasteiger partial charge in [0.05, 0.1) is 12.8 Å². The van der Waals surface area contributed by atoms with E-state index in [1.807, 2.05) is 16.6 Å². The van der Waals surface area contributed by atoms with Crippen LogP contribution in [0, 0.1) is 13.8 Å². The van der Waals surface area contributed by atoms with Gasteiger partial charge in [-0.3, -0.25) is 19.2 Å². The number of ether oxygens (including phenoxy) is 1. The third-order valence-corrected chi connectivity index (χ3v) is 5.97. The molecule has 31 heavy (non-hydrogen) atoms. The summed E-state index contributed by atoms with van der Waals surface area (Å²) in [4.78, 5) is 29.0. The molecule has 0 spiro atoms. The van der Waals surface area contributed by atoms with Crippen LogP contribution in [0.2, 0.25) is 0 Å². The molecule has 0 unspecified atom stereocenters. The first-order chi connectivity index (χ1) is 14.9. The summed E-state index contributed by atoms with van der Waals surface area (Å²) in [5, 5.41) is 7.37. The lowest BCUT2D eigenvalue weighted by Gasteiger charge is -2.35. The van der Waals surface area contributed by atoms with Crippen molar-refractivity contribution in [3.63, 3.8) is 0 Å². The van der Waals surface area contributed by atoms with E-state index in [9.17, 15) is 9.59 Å². The van der Waals surface area contributed by atoms with Gasteiger partial charge >= 0.3 is 0 Å². The van der Waals surface area contributed by atoms with Crippen LogP contribution in [0.4, 0.5) is 0 Å². The number of aromatic nitrogens is 2. The number of amides is 2. The van der Waals surface area contributed by atoms with Crippen molar-refractivity contribution in [2.45, 2.75) is 33.2 Å². The fraction of sp³-hybridized carbons (Fsp3) is 0.522. The molecule has 168 valence electrons. The standard InChI is InChI=1S/C23H33N5O3/c1-17-21(18(2)26(3)25-17)16-27-12-14-28(15-13-27)22(29)6-5-11-24-23(30)19-7-9-20(31-4)10-8-19/h7-10H,5-6,11-16H2,1-4H3,(H,24,30). The van der Waals surface area contributed by atoms with Gasteiger partial charge < -0.3 is 15.0 Å². The smallest absolute Gasteiger partial charge is 0.251 e. The number of hydrogen-bond acceptors (Lipinski definition) is 5. The fourth-order valence-electron chi connectivity index (χ4n) is 3.87. The quantitative estimate of drug-likeness (QED) is 0.651. The molecule has 1 aliphatic heterocycles. The number of nitrogens with one attached hydrogen (secondary N) is 1. The van der Waals surface area contributed by atoms with E-state index in [1.165, 1.54) is 11.3 Å². The number of hydrogen-bond donors (Lipinski definition) is 1. The molecule has 2 amide bonds. The molecule has 1 N–H and O–H groups in total. The average molecular weight is 428 g/mol. The minimum Gasteiger partial charge on any atom is -0.497 e. The lowest BCUT2D eigenvalue weighted by Crippen LogP contribution is -2.48. The Morgan fingerprint density at radius 1 is 1.10 bits per heavy atom. The molecule has 0 atom stereocenters. The minimum atomic E-state index is -0.135. The zero-order valence-electron chi connectivity index (χ0n) is 19.0. The van der Waals surface area contributed by atoms with Gasteiger partial charge in [-0.25, -0.2) is 0 Å². The molecule has 1 saturated heterocycles. The van der Waals surface area contributed by atoms with Gasteiger partial charge in [0, 0.05) is 69.6 Å². The van der Waals surface area contributed by atoms with Gasteiger partial charge in [-0.05, 0) is 44.5 Å². The Morgan fingerprint density at radius 2 is 1.77 bits per heavy atom. The van der Waals surface area contributed by atoms with E-state index in [0.29, 0.717) is 30.7 Å². The predicted molar refractivity (Wildman–Crippen MR) is 119 cm³/mol. The van der Waals surface area contributed by atoms with E-state index < -0.39 is 0 Å². The summed E-state index contributed by atoms with van der Waals surface area (Å²) in [6, 6.07) is 6.98. The van der Waals surface area contributed by atoms with Crippen LogP contribution in [0.3, 0.4) is 0 Å². The van der Waals surface area contributed by atoms with Gasteiger partial charge in [-0.1, -0.05) is 0 Å². The molecule has 3 rings (SSSR count). The highest BCUT2D eigenvalue weighted by molar-refractivity contribution is 5.94. The first-order valence-electron chi connectivity index (χ1n) is 10.8. The number of methoxy groups -OCH3 is 1. The topological polar surface area (TPSA) is 79.7 Å². The molecular formula is C23H33N5O3. The Balaban J connectivity index is 1.35. The number of piperazine rings is 1. The molecule has 8 heteroatoms. The van der Waals surface area contributed by atoms with Gasteiger partial charge in [0.2, 0.25) is 5.91 Å². The number of aryl methyl sites for hydroxylation is 2. The third-order valence-electron chi connectivity index (χ3n) is 5.97. The second-order valence-corrected chi connectivity index (χ2v) is 8.02. The molecule has 8 nitrogen and oxygen atoms in total. The highest BCUT2D eigenvalue weighted by atomic mass is 16.5. The second-order valence-electron chi connectivity index (χ2n) is 8.02. The number of carbonyl (C=O) groups is 2. The van der Waals surface area contributed by atoms with E-state index in [4.69, 9.17) is 4.74 Å². The third kappa shape index (κ3) is 5.85. The van der Waals surface area contributed by atoms with Crippen molar-refractivity contribution in [2.75, 3.05) is 39.8 Å². The molecule has 0 radical (unpaired) electrons. The van der Waals surface area contributed by atoms with E-state index in [2.05, 4.69) is 29.2 Å². The number of carbonyl (C=O) groups excluding carboxylic acids is 2. The van der Waals surface area contributed by atoms with Crippen LogP contribution in [-0.4, -0.2) is 71.2 Å². The van der Waals surface area contributed by atoms with Crippen LogP contribution < -0.4 is 10.1 Å². The summed E-state index contributed by atoms with van der Waals surface area (Å²) >= 11 is 0. The molecule has 1 aromatic heterocycles. The van der Waals surface area contributed by atoms with Crippen LogP contribution in [-0.2, 0) is 18.4 Å². The Hall–Kier alpha value is -2.87. The highest BCUT2D eigenvalue weighted by Crippen LogP contribution is 2.16. The Labute approximate surface area is 184 Å². The molecule has 1 aliphatic rings. The maximum Gasteiger partial charge on any atom is 0.251 e. The van der Waals surface area contributed by atoms with Crippen LogP contribution in [0.15, 0.2) is 24.3 Å². The zero-order valence-corrected chi connectivity index (χ0v) is 19.0. The maximum absolute atomic E-state index is 12.5. The maximum atomic E-state index is 12.5. The Morgan fingerprint density at radius 3 is 2.35 bits per heavy atom. The molecular weight excluding hydrogens is 394 g/mol. The molecule has 2 heterocycles. The number of nitrogens with zero attached hydrogens (tertiary/aromatic N) is 4. The molecule has 2 aromatic rings. The van der Waals surface area contributed by atoms with E-state index in [1.54, 1.807) is 31.4 Å². The van der Waals surface area contributed by atoms with Gasteiger partial charge in [-0.2, -0.15) is 5.10 Å².